The molecule has 4 aliphatic rings. The zero-order chi connectivity index (χ0) is 45.6. The van der Waals surface area contributed by atoms with Crippen molar-refractivity contribution >= 4 is 70.4 Å². The molecule has 0 radical (unpaired) electrons. The number of carbonyl (C=O) groups is 10. The highest BCUT2D eigenvalue weighted by Crippen LogP contribution is 2.34. The van der Waals surface area contributed by atoms with Crippen LogP contribution in [0.15, 0.2) is 36.4 Å². The molecular formula is C44H52N6O14. The molecule has 0 aliphatic carbocycles. The van der Waals surface area contributed by atoms with Crippen LogP contribution in [0.5, 0.6) is 0 Å². The lowest BCUT2D eigenvalue weighted by Gasteiger charge is -2.27. The van der Waals surface area contributed by atoms with Crippen LogP contribution in [0.2, 0.25) is 0 Å². The molecule has 2 fully saturated rings. The zero-order valence-electron chi connectivity index (χ0n) is 35.4. The number of carbonyl (C=O) groups excluding carboxylic acids is 10. The molecule has 0 spiro atoms. The monoisotopic (exact) mass is 888 g/mol. The molecule has 4 N–H and O–H groups in total. The van der Waals surface area contributed by atoms with E-state index in [0.29, 0.717) is 65.7 Å². The van der Waals surface area contributed by atoms with E-state index in [4.69, 9.17) is 18.9 Å². The number of unbranched alkanes of at least 4 members (excludes halogenated alkanes) is 4. The van der Waals surface area contributed by atoms with Gasteiger partial charge in [-0.3, -0.25) is 68.4 Å². The molecule has 342 valence electrons. The number of fused-ring (bicyclic) bond motifs is 2. The quantitative estimate of drug-likeness (QED) is 0.0824. The number of nitrogens with zero attached hydrogens (tertiary/aromatic N) is 2. The molecule has 10 amide bonds. The fourth-order valence-corrected chi connectivity index (χ4v) is 7.76. The molecule has 0 saturated carbocycles. The molecule has 6 rings (SSSR count). The Balaban J connectivity index is 0.720. The number of hydrogen-bond donors (Lipinski definition) is 4. The number of hydrogen-bond acceptors (Lipinski definition) is 14. The second kappa shape index (κ2) is 22.9. The Hall–Kier alpha value is -6.22. The van der Waals surface area contributed by atoms with Crippen LogP contribution in [0.1, 0.15) is 118 Å². The van der Waals surface area contributed by atoms with Gasteiger partial charge in [0.25, 0.3) is 23.6 Å². The number of amides is 10. The molecule has 4 aliphatic heterocycles. The average molecular weight is 889 g/mol. The predicted molar refractivity (Wildman–Crippen MR) is 224 cm³/mol. The van der Waals surface area contributed by atoms with Crippen molar-refractivity contribution in [1.82, 2.24) is 20.4 Å². The third-order valence-electron chi connectivity index (χ3n) is 11.0. The first kappa shape index (κ1) is 47.3. The first-order valence-corrected chi connectivity index (χ1v) is 21.6. The third-order valence-corrected chi connectivity index (χ3v) is 11.0. The van der Waals surface area contributed by atoms with Crippen molar-refractivity contribution in [3.8, 4) is 0 Å². The fraction of sp³-hybridized carbons (Fsp3) is 0.500. The summed E-state index contributed by atoms with van der Waals surface area (Å²) in [4.78, 5) is 127. The average Bonchev–Trinajstić information content (AvgIpc) is 3.67. The summed E-state index contributed by atoms with van der Waals surface area (Å²) in [5, 5.41) is 9.77. The molecular weight excluding hydrogens is 837 g/mol. The van der Waals surface area contributed by atoms with Gasteiger partial charge in [0.05, 0.1) is 73.3 Å². The van der Waals surface area contributed by atoms with E-state index < -0.39 is 59.3 Å². The minimum absolute atomic E-state index is 0.0137. The second-order valence-electron chi connectivity index (χ2n) is 15.5. The molecule has 20 heteroatoms. The summed E-state index contributed by atoms with van der Waals surface area (Å²) in [6.07, 6.45) is 4.62. The molecule has 64 heavy (non-hydrogen) atoms. The Kier molecular flexibility index (Phi) is 16.9. The van der Waals surface area contributed by atoms with Gasteiger partial charge >= 0.3 is 0 Å². The number of imide groups is 4. The van der Waals surface area contributed by atoms with Gasteiger partial charge in [-0.25, -0.2) is 0 Å². The van der Waals surface area contributed by atoms with E-state index in [1.54, 1.807) is 12.1 Å². The van der Waals surface area contributed by atoms with E-state index >= 15 is 0 Å². The van der Waals surface area contributed by atoms with E-state index in [1.807, 2.05) is 0 Å². The van der Waals surface area contributed by atoms with Gasteiger partial charge in [0.1, 0.15) is 12.1 Å². The van der Waals surface area contributed by atoms with Crippen LogP contribution >= 0.6 is 0 Å². The molecule has 2 unspecified atom stereocenters. The van der Waals surface area contributed by atoms with Gasteiger partial charge < -0.3 is 29.6 Å². The topological polar surface area (TPSA) is 262 Å². The standard InChI is InChI=1S/C44H52N6O14/c51-33(45-29-11-7-9-27-37(29)43(59)49(41(27)57)31-15-17-35(53)47-39(31)55)13-3-1-5-19-61-21-23-63-25-26-64-24-22-62-20-6-2-4-14-34(52)46-30-12-8-10-28-38(30)44(60)50(42(28)58)32-16-18-36(54)48-40(32)56/h7-12,31-32H,1-6,13-26H2,(H,45,51)(H,46,52)(H,47,53,55)(H,48,54,56). The maximum Gasteiger partial charge on any atom is 0.264 e. The lowest BCUT2D eigenvalue weighted by molar-refractivity contribution is -0.137. The number of ether oxygens (including phenoxy) is 4. The Morgan fingerprint density at radius 3 is 1.25 bits per heavy atom. The largest absolute Gasteiger partial charge is 0.379 e. The van der Waals surface area contributed by atoms with Gasteiger partial charge in [-0.05, 0) is 62.8 Å². The van der Waals surface area contributed by atoms with Crippen LogP contribution in [0.25, 0.3) is 0 Å². The van der Waals surface area contributed by atoms with Crippen LogP contribution in [0.3, 0.4) is 0 Å². The molecule has 0 bridgehead atoms. The smallest absolute Gasteiger partial charge is 0.264 e. The highest BCUT2D eigenvalue weighted by molar-refractivity contribution is 6.27. The number of benzene rings is 2. The van der Waals surface area contributed by atoms with Crippen molar-refractivity contribution < 1.29 is 66.9 Å². The third kappa shape index (κ3) is 11.9. The molecule has 2 atom stereocenters. The number of piperidine rings is 2. The highest BCUT2D eigenvalue weighted by Gasteiger charge is 2.47. The maximum atomic E-state index is 13.2. The first-order chi connectivity index (χ1) is 31.0. The Morgan fingerprint density at radius 2 is 0.875 bits per heavy atom. The van der Waals surface area contributed by atoms with Gasteiger partial charge in [-0.1, -0.05) is 25.0 Å². The Labute approximate surface area is 368 Å². The lowest BCUT2D eigenvalue weighted by Crippen LogP contribution is -2.54. The zero-order valence-corrected chi connectivity index (χ0v) is 35.4. The van der Waals surface area contributed by atoms with Crippen LogP contribution in [-0.4, -0.2) is 134 Å². The number of anilines is 2. The van der Waals surface area contributed by atoms with Crippen LogP contribution in [0, 0.1) is 0 Å². The summed E-state index contributed by atoms with van der Waals surface area (Å²) >= 11 is 0. The van der Waals surface area contributed by atoms with Crippen molar-refractivity contribution in [2.75, 3.05) is 63.5 Å². The minimum atomic E-state index is -1.09. The molecule has 4 heterocycles. The Bertz CT molecular complexity index is 2010. The van der Waals surface area contributed by atoms with Crippen LogP contribution < -0.4 is 21.3 Å². The first-order valence-electron chi connectivity index (χ1n) is 21.6. The predicted octanol–water partition coefficient (Wildman–Crippen LogP) is 2.25. The second-order valence-corrected chi connectivity index (χ2v) is 15.5. The summed E-state index contributed by atoms with van der Waals surface area (Å²) in [6.45, 7) is 3.42. The van der Waals surface area contributed by atoms with Crippen molar-refractivity contribution in [3.05, 3.63) is 58.7 Å². The summed E-state index contributed by atoms with van der Waals surface area (Å²) < 4.78 is 22.3. The SMILES string of the molecule is O=C1CCC(N2C(=O)c3cccc(NC(=O)CCCCCOCCOCCOCCOCCCCCC(=O)Nc4cccc5c4C(=O)N(C4CCC(=O)NC4=O)C5=O)c3C2=O)C(=O)N1. The van der Waals surface area contributed by atoms with Gasteiger partial charge in [0.2, 0.25) is 35.4 Å². The van der Waals surface area contributed by atoms with E-state index in [2.05, 4.69) is 21.3 Å². The highest BCUT2D eigenvalue weighted by atomic mass is 16.6. The van der Waals surface area contributed by atoms with Gasteiger partial charge in [0, 0.05) is 38.9 Å². The normalized spacial score (nSPS) is 18.3. The molecule has 2 saturated heterocycles. The Morgan fingerprint density at radius 1 is 0.500 bits per heavy atom. The molecule has 2 aromatic rings. The molecule has 0 aromatic heterocycles. The van der Waals surface area contributed by atoms with Crippen molar-refractivity contribution in [1.29, 1.82) is 0 Å². The van der Waals surface area contributed by atoms with E-state index in [1.165, 1.54) is 24.3 Å². The maximum absolute atomic E-state index is 13.2. The van der Waals surface area contributed by atoms with E-state index in [0.717, 1.165) is 35.5 Å². The summed E-state index contributed by atoms with van der Waals surface area (Å²) in [7, 11) is 0. The van der Waals surface area contributed by atoms with Gasteiger partial charge in [-0.2, -0.15) is 0 Å². The lowest BCUT2D eigenvalue weighted by atomic mass is 10.0. The van der Waals surface area contributed by atoms with E-state index in [-0.39, 0.29) is 84.0 Å². The van der Waals surface area contributed by atoms with Gasteiger partial charge in [-0.15, -0.1) is 0 Å². The van der Waals surface area contributed by atoms with Crippen molar-refractivity contribution in [3.63, 3.8) is 0 Å². The number of nitrogens with one attached hydrogen (secondary N) is 4. The molecule has 20 nitrogen and oxygen atoms in total. The van der Waals surface area contributed by atoms with Gasteiger partial charge in [0.15, 0.2) is 0 Å². The molecule has 2 aromatic carbocycles. The fourth-order valence-electron chi connectivity index (χ4n) is 7.76. The summed E-state index contributed by atoms with van der Waals surface area (Å²) in [6, 6.07) is 6.94. The summed E-state index contributed by atoms with van der Waals surface area (Å²) in [5.41, 5.74) is 0.656. The minimum Gasteiger partial charge on any atom is -0.379 e. The van der Waals surface area contributed by atoms with Crippen LogP contribution in [-0.2, 0) is 47.7 Å². The van der Waals surface area contributed by atoms with Crippen molar-refractivity contribution in [2.24, 2.45) is 0 Å². The van der Waals surface area contributed by atoms with E-state index in [9.17, 15) is 47.9 Å². The van der Waals surface area contributed by atoms with Crippen molar-refractivity contribution in [2.45, 2.75) is 89.1 Å². The number of rotatable bonds is 25. The van der Waals surface area contributed by atoms with Crippen LogP contribution in [0.4, 0.5) is 11.4 Å². The summed E-state index contributed by atoms with van der Waals surface area (Å²) in [5.74, 6) is -5.60.